The van der Waals surface area contributed by atoms with Crippen LogP contribution in [0.5, 0.6) is 5.75 Å². The number of likely N-dealkylation sites (N-methyl/N-ethyl adjacent to an activating group) is 1. The summed E-state index contributed by atoms with van der Waals surface area (Å²) >= 11 is 0. The highest BCUT2D eigenvalue weighted by molar-refractivity contribution is 5.93. The molecule has 0 atom stereocenters. The average molecular weight is 265 g/mol. The van der Waals surface area contributed by atoms with E-state index >= 15 is 0 Å². The van der Waals surface area contributed by atoms with E-state index < -0.39 is 0 Å². The van der Waals surface area contributed by atoms with Crippen molar-refractivity contribution in [1.29, 1.82) is 0 Å². The summed E-state index contributed by atoms with van der Waals surface area (Å²) in [5.41, 5.74) is 0.712. The number of hydrogen-bond acceptors (Lipinski definition) is 4. The molecule has 2 N–H and O–H groups in total. The van der Waals surface area contributed by atoms with Crippen LogP contribution in [0.4, 0.5) is 5.69 Å². The highest BCUT2D eigenvalue weighted by Gasteiger charge is 2.06. The number of nitrogens with one attached hydrogen (secondary N) is 2. The van der Waals surface area contributed by atoms with Crippen LogP contribution >= 0.6 is 0 Å². The molecule has 0 unspecified atom stereocenters. The number of anilines is 1. The van der Waals surface area contributed by atoms with Crippen molar-refractivity contribution in [3.8, 4) is 5.75 Å². The van der Waals surface area contributed by atoms with Gasteiger partial charge in [0, 0.05) is 13.1 Å². The zero-order valence-electron chi connectivity index (χ0n) is 11.9. The molecule has 1 amide bonds. The van der Waals surface area contributed by atoms with Gasteiger partial charge in [0.2, 0.25) is 5.91 Å². The molecule has 0 heterocycles. The van der Waals surface area contributed by atoms with E-state index in [-0.39, 0.29) is 5.91 Å². The second-order valence-corrected chi connectivity index (χ2v) is 4.46. The first kappa shape index (κ1) is 15.5. The van der Waals surface area contributed by atoms with E-state index in [0.717, 1.165) is 13.1 Å². The van der Waals surface area contributed by atoms with Crippen LogP contribution in [-0.2, 0) is 4.79 Å². The van der Waals surface area contributed by atoms with Gasteiger partial charge in [0.1, 0.15) is 5.75 Å². The Morgan fingerprint density at radius 3 is 2.74 bits per heavy atom. The molecule has 0 aliphatic heterocycles. The van der Waals surface area contributed by atoms with Gasteiger partial charge in [-0.25, -0.2) is 0 Å². The van der Waals surface area contributed by atoms with Gasteiger partial charge >= 0.3 is 0 Å². The van der Waals surface area contributed by atoms with Gasteiger partial charge < -0.3 is 20.3 Å². The number of hydrogen-bond donors (Lipinski definition) is 2. The smallest absolute Gasteiger partial charge is 0.238 e. The second-order valence-electron chi connectivity index (χ2n) is 4.46. The number of ether oxygens (including phenoxy) is 1. The first-order chi connectivity index (χ1) is 9.13. The molecule has 0 saturated carbocycles. The van der Waals surface area contributed by atoms with Crippen molar-refractivity contribution < 1.29 is 9.53 Å². The molecule has 19 heavy (non-hydrogen) atoms. The molecule has 1 aromatic carbocycles. The third-order valence-electron chi connectivity index (χ3n) is 2.48. The molecule has 0 spiro atoms. The van der Waals surface area contributed by atoms with E-state index in [1.165, 1.54) is 0 Å². The van der Waals surface area contributed by atoms with Gasteiger partial charge in [-0.05, 0) is 33.2 Å². The van der Waals surface area contributed by atoms with Gasteiger partial charge in [0.05, 0.1) is 18.8 Å². The number of amides is 1. The number of carbonyl (C=O) groups excluding carboxylic acids is 1. The Morgan fingerprint density at radius 1 is 1.32 bits per heavy atom. The van der Waals surface area contributed by atoms with Crippen molar-refractivity contribution in [2.75, 3.05) is 45.7 Å². The molecule has 5 nitrogen and oxygen atoms in total. The minimum atomic E-state index is -0.0640. The first-order valence-electron chi connectivity index (χ1n) is 6.50. The van der Waals surface area contributed by atoms with Gasteiger partial charge in [0.25, 0.3) is 0 Å². The van der Waals surface area contributed by atoms with Crippen LogP contribution in [0.3, 0.4) is 0 Å². The third kappa shape index (κ3) is 6.22. The summed E-state index contributed by atoms with van der Waals surface area (Å²) in [6, 6.07) is 7.44. The summed E-state index contributed by atoms with van der Waals surface area (Å²) in [4.78, 5) is 13.8. The SMILES string of the molecule is CCOc1ccccc1NC(=O)CNCCN(C)C. The van der Waals surface area contributed by atoms with Crippen molar-refractivity contribution in [3.05, 3.63) is 24.3 Å². The zero-order chi connectivity index (χ0) is 14.1. The zero-order valence-corrected chi connectivity index (χ0v) is 11.9. The molecule has 106 valence electrons. The summed E-state index contributed by atoms with van der Waals surface area (Å²) in [6.07, 6.45) is 0. The fourth-order valence-electron chi connectivity index (χ4n) is 1.55. The first-order valence-corrected chi connectivity index (χ1v) is 6.50. The van der Waals surface area contributed by atoms with Gasteiger partial charge in [-0.15, -0.1) is 0 Å². The minimum absolute atomic E-state index is 0.0640. The quantitative estimate of drug-likeness (QED) is 0.693. The van der Waals surface area contributed by atoms with Crippen molar-refractivity contribution in [2.24, 2.45) is 0 Å². The number of para-hydroxylation sites is 2. The van der Waals surface area contributed by atoms with E-state index in [1.807, 2.05) is 45.3 Å². The van der Waals surface area contributed by atoms with Gasteiger partial charge in [-0.3, -0.25) is 4.79 Å². The molecule has 0 aliphatic rings. The lowest BCUT2D eigenvalue weighted by atomic mass is 10.3. The Balaban J connectivity index is 2.39. The summed E-state index contributed by atoms with van der Waals surface area (Å²) < 4.78 is 5.45. The van der Waals surface area contributed by atoms with Crippen LogP contribution in [-0.4, -0.2) is 51.1 Å². The van der Waals surface area contributed by atoms with Crippen LogP contribution in [0.2, 0.25) is 0 Å². The predicted molar refractivity (Wildman–Crippen MR) is 77.7 cm³/mol. The van der Waals surface area contributed by atoms with E-state index in [9.17, 15) is 4.79 Å². The molecular formula is C14H23N3O2. The lowest BCUT2D eigenvalue weighted by molar-refractivity contribution is -0.115. The Kier molecular flexibility index (Phi) is 6.92. The summed E-state index contributed by atoms with van der Waals surface area (Å²) in [6.45, 7) is 4.49. The van der Waals surface area contributed by atoms with Crippen molar-refractivity contribution in [2.45, 2.75) is 6.92 Å². The Bertz CT molecular complexity index is 394. The van der Waals surface area contributed by atoms with E-state index in [0.29, 0.717) is 24.6 Å². The van der Waals surface area contributed by atoms with E-state index in [2.05, 4.69) is 15.5 Å². The largest absolute Gasteiger partial charge is 0.492 e. The molecule has 1 rings (SSSR count). The molecule has 5 heteroatoms. The molecular weight excluding hydrogens is 242 g/mol. The maximum atomic E-state index is 11.8. The maximum Gasteiger partial charge on any atom is 0.238 e. The molecule has 0 fully saturated rings. The number of nitrogens with zero attached hydrogens (tertiary/aromatic N) is 1. The summed E-state index contributed by atoms with van der Waals surface area (Å²) in [5.74, 6) is 0.637. The number of benzene rings is 1. The lowest BCUT2D eigenvalue weighted by Crippen LogP contribution is -2.33. The monoisotopic (exact) mass is 265 g/mol. The van der Waals surface area contributed by atoms with Crippen LogP contribution < -0.4 is 15.4 Å². The Hall–Kier alpha value is -1.59. The van der Waals surface area contributed by atoms with Gasteiger partial charge in [-0.2, -0.15) is 0 Å². The van der Waals surface area contributed by atoms with Crippen molar-refractivity contribution in [1.82, 2.24) is 10.2 Å². The molecule has 0 saturated heterocycles. The summed E-state index contributed by atoms with van der Waals surface area (Å²) in [5, 5.41) is 5.94. The Morgan fingerprint density at radius 2 is 2.05 bits per heavy atom. The normalized spacial score (nSPS) is 10.5. The molecule has 0 aliphatic carbocycles. The standard InChI is InChI=1S/C14H23N3O2/c1-4-19-13-8-6-5-7-12(13)16-14(18)11-15-9-10-17(2)3/h5-8,15H,4,9-11H2,1-3H3,(H,16,18). The van der Waals surface area contributed by atoms with Gasteiger partial charge in [0.15, 0.2) is 0 Å². The molecule has 0 aromatic heterocycles. The van der Waals surface area contributed by atoms with Crippen LogP contribution in [0.1, 0.15) is 6.92 Å². The maximum absolute atomic E-state index is 11.8. The number of carbonyl (C=O) groups is 1. The molecule has 0 radical (unpaired) electrons. The Labute approximate surface area is 114 Å². The van der Waals surface area contributed by atoms with Crippen LogP contribution in [0.25, 0.3) is 0 Å². The average Bonchev–Trinajstić information content (AvgIpc) is 2.37. The summed E-state index contributed by atoms with van der Waals surface area (Å²) in [7, 11) is 4.00. The lowest BCUT2D eigenvalue weighted by Gasteiger charge is -2.12. The topological polar surface area (TPSA) is 53.6 Å². The van der Waals surface area contributed by atoms with E-state index in [4.69, 9.17) is 4.74 Å². The van der Waals surface area contributed by atoms with E-state index in [1.54, 1.807) is 0 Å². The number of rotatable bonds is 8. The molecule has 1 aromatic rings. The minimum Gasteiger partial charge on any atom is -0.492 e. The van der Waals surface area contributed by atoms with Crippen molar-refractivity contribution in [3.63, 3.8) is 0 Å². The fourth-order valence-corrected chi connectivity index (χ4v) is 1.55. The van der Waals surface area contributed by atoms with Crippen LogP contribution in [0.15, 0.2) is 24.3 Å². The van der Waals surface area contributed by atoms with Crippen LogP contribution in [0, 0.1) is 0 Å². The van der Waals surface area contributed by atoms with Crippen molar-refractivity contribution >= 4 is 11.6 Å². The molecule has 0 bridgehead atoms. The van der Waals surface area contributed by atoms with Gasteiger partial charge in [-0.1, -0.05) is 12.1 Å². The highest BCUT2D eigenvalue weighted by atomic mass is 16.5. The second kappa shape index (κ2) is 8.50. The fraction of sp³-hybridized carbons (Fsp3) is 0.500. The highest BCUT2D eigenvalue weighted by Crippen LogP contribution is 2.23. The third-order valence-corrected chi connectivity index (χ3v) is 2.48. The predicted octanol–water partition coefficient (Wildman–Crippen LogP) is 1.17.